The molecule has 0 aromatic heterocycles. The summed E-state index contributed by atoms with van der Waals surface area (Å²) in [6.07, 6.45) is 0.867. The van der Waals surface area contributed by atoms with E-state index in [1.807, 2.05) is 88.4 Å². The molecule has 0 spiro atoms. The van der Waals surface area contributed by atoms with Gasteiger partial charge in [0.2, 0.25) is 17.7 Å². The molecule has 0 radical (unpaired) electrons. The van der Waals surface area contributed by atoms with Gasteiger partial charge in [-0.15, -0.1) is 0 Å². The fourth-order valence-corrected chi connectivity index (χ4v) is 5.58. The molecule has 2 aromatic rings. The minimum absolute atomic E-state index is 0.00126. The van der Waals surface area contributed by atoms with Gasteiger partial charge < -0.3 is 30.7 Å². The third-order valence-corrected chi connectivity index (χ3v) is 8.27. The van der Waals surface area contributed by atoms with E-state index < -0.39 is 59.2 Å². The number of amides is 4. The van der Waals surface area contributed by atoms with Crippen molar-refractivity contribution in [3.8, 4) is 0 Å². The summed E-state index contributed by atoms with van der Waals surface area (Å²) in [5.74, 6) is -1.69. The summed E-state index contributed by atoms with van der Waals surface area (Å²) in [5, 5.41) is 11.3. The monoisotopic (exact) mass is 692 g/mol. The van der Waals surface area contributed by atoms with Gasteiger partial charge in [-0.3, -0.25) is 19.2 Å². The Labute approximate surface area is 297 Å². The standard InChI is InChI=1S/C39H56N4O7/c1-25(2)21-30(33(44)39(8)24-49-39)40-36(47)32(23-28-17-13-10-14-18-28)42-35(46)31(22-26(3)4)41-34(45)29(43-37(48)50-38(5,6)7)20-19-27-15-11-9-12-16-27/h9-18,25-26,29-32H,19-24H2,1-8H3,(H,40,47)(H,41,45)(H,42,46)(H,43,48)/t29-,30-,31-,32-,39+/m0/s1. The second-order valence-electron chi connectivity index (χ2n) is 15.2. The van der Waals surface area contributed by atoms with Crippen molar-refractivity contribution in [3.63, 3.8) is 0 Å². The smallest absolute Gasteiger partial charge is 0.408 e. The molecule has 274 valence electrons. The zero-order valence-electron chi connectivity index (χ0n) is 30.8. The molecule has 1 aliphatic rings. The van der Waals surface area contributed by atoms with Gasteiger partial charge in [-0.2, -0.15) is 0 Å². The molecule has 1 saturated heterocycles. The first kappa shape index (κ1) is 40.2. The van der Waals surface area contributed by atoms with Crippen molar-refractivity contribution >= 4 is 29.6 Å². The second kappa shape index (κ2) is 18.1. The quantitative estimate of drug-likeness (QED) is 0.166. The van der Waals surface area contributed by atoms with E-state index in [1.165, 1.54) is 0 Å². The molecule has 0 bridgehead atoms. The summed E-state index contributed by atoms with van der Waals surface area (Å²) in [7, 11) is 0. The summed E-state index contributed by atoms with van der Waals surface area (Å²) in [6.45, 7) is 15.0. The third-order valence-electron chi connectivity index (χ3n) is 8.27. The first-order valence-corrected chi connectivity index (χ1v) is 17.6. The molecule has 1 aliphatic heterocycles. The van der Waals surface area contributed by atoms with E-state index in [2.05, 4.69) is 21.3 Å². The van der Waals surface area contributed by atoms with Crippen LogP contribution < -0.4 is 21.3 Å². The van der Waals surface area contributed by atoms with Gasteiger partial charge >= 0.3 is 6.09 Å². The van der Waals surface area contributed by atoms with Gasteiger partial charge in [0, 0.05) is 6.42 Å². The lowest BCUT2D eigenvalue weighted by Gasteiger charge is -2.28. The van der Waals surface area contributed by atoms with Gasteiger partial charge in [-0.05, 0) is 76.3 Å². The number of ether oxygens (including phenoxy) is 2. The molecule has 0 aliphatic carbocycles. The Morgan fingerprint density at radius 1 is 0.700 bits per heavy atom. The molecule has 4 N–H and O–H groups in total. The average molecular weight is 693 g/mol. The number of ketones is 1. The lowest BCUT2D eigenvalue weighted by molar-refractivity contribution is -0.134. The Morgan fingerprint density at radius 2 is 1.16 bits per heavy atom. The second-order valence-corrected chi connectivity index (χ2v) is 15.2. The van der Waals surface area contributed by atoms with Crippen LogP contribution in [0.4, 0.5) is 4.79 Å². The van der Waals surface area contributed by atoms with Crippen molar-refractivity contribution in [1.82, 2.24) is 21.3 Å². The molecular formula is C39H56N4O7. The van der Waals surface area contributed by atoms with Gasteiger partial charge in [-0.25, -0.2) is 4.79 Å². The highest BCUT2D eigenvalue weighted by molar-refractivity contribution is 5.98. The molecule has 4 amide bonds. The minimum Gasteiger partial charge on any atom is -0.444 e. The predicted octanol–water partition coefficient (Wildman–Crippen LogP) is 4.66. The van der Waals surface area contributed by atoms with Crippen LogP contribution in [0, 0.1) is 11.8 Å². The van der Waals surface area contributed by atoms with Gasteiger partial charge in [0.15, 0.2) is 5.78 Å². The van der Waals surface area contributed by atoms with Crippen LogP contribution in [0.3, 0.4) is 0 Å². The number of rotatable bonds is 18. The summed E-state index contributed by atoms with van der Waals surface area (Å²) < 4.78 is 10.8. The van der Waals surface area contributed by atoms with Gasteiger partial charge in [0.1, 0.15) is 29.3 Å². The Kier molecular flexibility index (Phi) is 14.6. The number of epoxide rings is 1. The highest BCUT2D eigenvalue weighted by Crippen LogP contribution is 2.29. The van der Waals surface area contributed by atoms with E-state index in [4.69, 9.17) is 9.47 Å². The number of aryl methyl sites for hydroxylation is 1. The summed E-state index contributed by atoms with van der Waals surface area (Å²) in [6, 6.07) is 15.0. The topological polar surface area (TPSA) is 155 Å². The lowest BCUT2D eigenvalue weighted by Crippen LogP contribution is -2.59. The summed E-state index contributed by atoms with van der Waals surface area (Å²) >= 11 is 0. The molecule has 5 atom stereocenters. The maximum atomic E-state index is 14.0. The van der Waals surface area contributed by atoms with Gasteiger partial charge in [0.25, 0.3) is 0 Å². The number of Topliss-reactive ketones (excluding diaryl/α,β-unsaturated/α-hetero) is 1. The van der Waals surface area contributed by atoms with Crippen LogP contribution >= 0.6 is 0 Å². The van der Waals surface area contributed by atoms with E-state index in [0.29, 0.717) is 19.4 Å². The molecule has 2 aromatic carbocycles. The molecule has 0 unspecified atom stereocenters. The number of nitrogens with one attached hydrogen (secondary N) is 4. The highest BCUT2D eigenvalue weighted by Gasteiger charge is 2.50. The van der Waals surface area contributed by atoms with Crippen LogP contribution in [-0.4, -0.2) is 71.6 Å². The zero-order valence-corrected chi connectivity index (χ0v) is 30.8. The fourth-order valence-electron chi connectivity index (χ4n) is 5.58. The molecule has 50 heavy (non-hydrogen) atoms. The van der Waals surface area contributed by atoms with Crippen LogP contribution in [-0.2, 0) is 41.5 Å². The van der Waals surface area contributed by atoms with Crippen LogP contribution in [0.15, 0.2) is 60.7 Å². The Morgan fingerprint density at radius 3 is 1.68 bits per heavy atom. The van der Waals surface area contributed by atoms with Crippen LogP contribution in [0.25, 0.3) is 0 Å². The Balaban J connectivity index is 1.83. The summed E-state index contributed by atoms with van der Waals surface area (Å²) in [4.78, 5) is 67.8. The van der Waals surface area contributed by atoms with E-state index >= 15 is 0 Å². The first-order valence-electron chi connectivity index (χ1n) is 17.6. The lowest BCUT2D eigenvalue weighted by atomic mass is 9.93. The van der Waals surface area contributed by atoms with Crippen LogP contribution in [0.1, 0.15) is 85.8 Å². The van der Waals surface area contributed by atoms with Crippen molar-refractivity contribution in [1.29, 1.82) is 0 Å². The molecule has 1 fully saturated rings. The number of alkyl carbamates (subject to hydrolysis) is 1. The first-order chi connectivity index (χ1) is 23.5. The molecule has 0 saturated carbocycles. The van der Waals surface area contributed by atoms with Crippen LogP contribution in [0.2, 0.25) is 0 Å². The van der Waals surface area contributed by atoms with Crippen molar-refractivity contribution < 1.29 is 33.4 Å². The number of hydrogen-bond donors (Lipinski definition) is 4. The van der Waals surface area contributed by atoms with E-state index in [9.17, 15) is 24.0 Å². The molecule has 3 rings (SSSR count). The molecule has 11 nitrogen and oxygen atoms in total. The Bertz CT molecular complexity index is 1440. The largest absolute Gasteiger partial charge is 0.444 e. The predicted molar refractivity (Wildman–Crippen MR) is 192 cm³/mol. The molecule has 1 heterocycles. The fraction of sp³-hybridized carbons (Fsp3) is 0.564. The van der Waals surface area contributed by atoms with Crippen molar-refractivity contribution in [3.05, 3.63) is 71.8 Å². The van der Waals surface area contributed by atoms with E-state index in [0.717, 1.165) is 11.1 Å². The maximum absolute atomic E-state index is 14.0. The molecular weight excluding hydrogens is 636 g/mol. The van der Waals surface area contributed by atoms with Gasteiger partial charge in [-0.1, -0.05) is 88.4 Å². The van der Waals surface area contributed by atoms with E-state index in [1.54, 1.807) is 27.7 Å². The van der Waals surface area contributed by atoms with Crippen molar-refractivity contribution in [2.45, 2.75) is 123 Å². The van der Waals surface area contributed by atoms with Crippen molar-refractivity contribution in [2.24, 2.45) is 11.8 Å². The van der Waals surface area contributed by atoms with Crippen LogP contribution in [0.5, 0.6) is 0 Å². The maximum Gasteiger partial charge on any atom is 0.408 e. The van der Waals surface area contributed by atoms with Gasteiger partial charge in [0.05, 0.1) is 12.6 Å². The number of hydrogen-bond acceptors (Lipinski definition) is 7. The number of carbonyl (C=O) groups is 5. The summed E-state index contributed by atoms with van der Waals surface area (Å²) in [5.41, 5.74) is 0.0894. The van der Waals surface area contributed by atoms with E-state index in [-0.39, 0.29) is 36.9 Å². The minimum atomic E-state index is -1.04. The third kappa shape index (κ3) is 13.6. The Hall–Kier alpha value is -4.25. The highest BCUT2D eigenvalue weighted by atomic mass is 16.6. The average Bonchev–Trinajstić information content (AvgIpc) is 3.79. The normalized spacial score (nSPS) is 18.0. The number of carbonyl (C=O) groups excluding carboxylic acids is 5. The molecule has 11 heteroatoms. The van der Waals surface area contributed by atoms with Crippen molar-refractivity contribution in [2.75, 3.05) is 6.61 Å². The number of benzene rings is 2. The SMILES string of the molecule is CC(C)C[C@H](NC(=O)[C@H](CCc1ccccc1)NC(=O)OC(C)(C)C)C(=O)N[C@@H](Cc1ccccc1)C(=O)N[C@@H](CC(C)C)C(=O)[C@@]1(C)CO1. The zero-order chi connectivity index (χ0) is 37.1.